The van der Waals surface area contributed by atoms with Crippen LogP contribution in [0.25, 0.3) is 0 Å². The third kappa shape index (κ3) is 3.30. The standard InChI is InChI=1S/C12H8BrF3N2O2S/c13-7-3-6(17)1-2-12(7)21(19,20)18-11-5-9(15)8(14)4-10(11)16/h1-5,18H,17H2. The summed E-state index contributed by atoms with van der Waals surface area (Å²) in [6.07, 6.45) is 0. The van der Waals surface area contributed by atoms with Crippen LogP contribution in [0.3, 0.4) is 0 Å². The zero-order valence-electron chi connectivity index (χ0n) is 10.2. The van der Waals surface area contributed by atoms with Crippen LogP contribution in [0.1, 0.15) is 0 Å². The van der Waals surface area contributed by atoms with E-state index in [1.54, 1.807) is 0 Å². The van der Waals surface area contributed by atoms with Gasteiger partial charge in [-0.25, -0.2) is 21.6 Å². The van der Waals surface area contributed by atoms with Crippen LogP contribution >= 0.6 is 15.9 Å². The average molecular weight is 381 g/mol. The normalized spacial score (nSPS) is 11.4. The van der Waals surface area contributed by atoms with E-state index in [0.29, 0.717) is 11.8 Å². The van der Waals surface area contributed by atoms with Crippen molar-refractivity contribution in [1.82, 2.24) is 0 Å². The lowest BCUT2D eigenvalue weighted by molar-refractivity contribution is 0.496. The number of nitrogens with two attached hydrogens (primary N) is 1. The van der Waals surface area contributed by atoms with Crippen molar-refractivity contribution in [1.29, 1.82) is 0 Å². The minimum Gasteiger partial charge on any atom is -0.399 e. The Kier molecular flexibility index (Phi) is 4.15. The van der Waals surface area contributed by atoms with Crippen molar-refractivity contribution >= 4 is 37.3 Å². The molecule has 112 valence electrons. The second-order valence-corrected chi connectivity index (χ2v) is 6.55. The van der Waals surface area contributed by atoms with Gasteiger partial charge >= 0.3 is 0 Å². The summed E-state index contributed by atoms with van der Waals surface area (Å²) in [6.45, 7) is 0. The van der Waals surface area contributed by atoms with Crippen molar-refractivity contribution in [3.05, 3.63) is 52.3 Å². The molecule has 0 atom stereocenters. The van der Waals surface area contributed by atoms with Gasteiger partial charge in [0.2, 0.25) is 0 Å². The van der Waals surface area contributed by atoms with E-state index in [-0.39, 0.29) is 15.4 Å². The Hall–Kier alpha value is -1.74. The molecule has 0 saturated heterocycles. The Morgan fingerprint density at radius 1 is 1.00 bits per heavy atom. The molecule has 3 N–H and O–H groups in total. The van der Waals surface area contributed by atoms with Gasteiger partial charge in [0.1, 0.15) is 10.7 Å². The zero-order chi connectivity index (χ0) is 15.8. The number of benzene rings is 2. The molecule has 0 spiro atoms. The maximum Gasteiger partial charge on any atom is 0.263 e. The van der Waals surface area contributed by atoms with Gasteiger partial charge in [0.25, 0.3) is 10.0 Å². The topological polar surface area (TPSA) is 72.2 Å². The molecule has 0 aliphatic rings. The number of hydrogen-bond acceptors (Lipinski definition) is 3. The maximum absolute atomic E-state index is 13.5. The van der Waals surface area contributed by atoms with E-state index in [1.165, 1.54) is 18.2 Å². The molecular formula is C12H8BrF3N2O2S. The Bertz CT molecular complexity index is 812. The summed E-state index contributed by atoms with van der Waals surface area (Å²) < 4.78 is 65.6. The second-order valence-electron chi connectivity index (χ2n) is 4.04. The minimum absolute atomic E-state index is 0.151. The van der Waals surface area contributed by atoms with Gasteiger partial charge in [-0.05, 0) is 34.1 Å². The van der Waals surface area contributed by atoms with Crippen LogP contribution in [0, 0.1) is 17.5 Å². The van der Waals surface area contributed by atoms with Crippen LogP contribution in [0.15, 0.2) is 39.7 Å². The highest BCUT2D eigenvalue weighted by Crippen LogP contribution is 2.27. The van der Waals surface area contributed by atoms with E-state index in [9.17, 15) is 21.6 Å². The number of halogens is 4. The third-order valence-corrected chi connectivity index (χ3v) is 4.84. The summed E-state index contributed by atoms with van der Waals surface area (Å²) in [4.78, 5) is -0.221. The minimum atomic E-state index is -4.19. The molecule has 0 unspecified atom stereocenters. The summed E-state index contributed by atoms with van der Waals surface area (Å²) in [7, 11) is -4.19. The molecule has 9 heteroatoms. The summed E-state index contributed by atoms with van der Waals surface area (Å²) >= 11 is 3.01. The molecule has 0 fully saturated rings. The van der Waals surface area contributed by atoms with Crippen LogP contribution in [0.5, 0.6) is 0 Å². The SMILES string of the molecule is Nc1ccc(S(=O)(=O)Nc2cc(F)c(F)cc2F)c(Br)c1. The van der Waals surface area contributed by atoms with Crippen molar-refractivity contribution in [2.45, 2.75) is 4.90 Å². The monoisotopic (exact) mass is 380 g/mol. The molecule has 0 aromatic heterocycles. The number of anilines is 2. The van der Waals surface area contributed by atoms with Gasteiger partial charge in [0, 0.05) is 22.3 Å². The summed E-state index contributed by atoms with van der Waals surface area (Å²) in [6, 6.07) is 4.55. The van der Waals surface area contributed by atoms with E-state index < -0.39 is 33.2 Å². The lowest BCUT2D eigenvalue weighted by Gasteiger charge is -2.11. The Morgan fingerprint density at radius 2 is 1.62 bits per heavy atom. The second kappa shape index (κ2) is 5.57. The molecule has 21 heavy (non-hydrogen) atoms. The number of nitrogens with one attached hydrogen (secondary N) is 1. The van der Waals surface area contributed by atoms with Crippen LogP contribution in [-0.2, 0) is 10.0 Å². The molecule has 0 aliphatic heterocycles. The molecule has 0 amide bonds. The molecule has 2 rings (SSSR count). The first-order valence-corrected chi connectivity index (χ1v) is 7.71. The molecule has 0 aliphatic carbocycles. The lowest BCUT2D eigenvalue weighted by atomic mass is 10.3. The molecule has 2 aromatic rings. The molecule has 4 nitrogen and oxygen atoms in total. The summed E-state index contributed by atoms with van der Waals surface area (Å²) in [5.41, 5.74) is 5.11. The fourth-order valence-corrected chi connectivity index (χ4v) is 3.69. The average Bonchev–Trinajstić information content (AvgIpc) is 2.35. The van der Waals surface area contributed by atoms with Crippen LogP contribution in [0.4, 0.5) is 24.5 Å². The van der Waals surface area contributed by atoms with Crippen LogP contribution < -0.4 is 10.5 Å². The molecule has 0 heterocycles. The number of nitrogen functional groups attached to an aromatic ring is 1. The van der Waals surface area contributed by atoms with Crippen LogP contribution in [0.2, 0.25) is 0 Å². The number of sulfonamides is 1. The largest absolute Gasteiger partial charge is 0.399 e. The van der Waals surface area contributed by atoms with Gasteiger partial charge in [-0.3, -0.25) is 4.72 Å². The van der Waals surface area contributed by atoms with E-state index >= 15 is 0 Å². The third-order valence-electron chi connectivity index (χ3n) is 2.50. The number of hydrogen-bond donors (Lipinski definition) is 2. The quantitative estimate of drug-likeness (QED) is 0.634. The number of rotatable bonds is 3. The van der Waals surface area contributed by atoms with Crippen molar-refractivity contribution in [3.63, 3.8) is 0 Å². The molecule has 0 radical (unpaired) electrons. The Balaban J connectivity index is 2.45. The predicted molar refractivity (Wildman–Crippen MR) is 75.7 cm³/mol. The first-order chi connectivity index (χ1) is 9.70. The van der Waals surface area contributed by atoms with Crippen molar-refractivity contribution in [3.8, 4) is 0 Å². The van der Waals surface area contributed by atoms with Crippen molar-refractivity contribution in [2.75, 3.05) is 10.5 Å². The smallest absolute Gasteiger partial charge is 0.263 e. The van der Waals surface area contributed by atoms with E-state index in [1.807, 2.05) is 4.72 Å². The molecular weight excluding hydrogens is 373 g/mol. The highest BCUT2D eigenvalue weighted by atomic mass is 79.9. The Morgan fingerprint density at radius 3 is 2.24 bits per heavy atom. The Labute approximate surface area is 127 Å². The van der Waals surface area contributed by atoms with E-state index in [2.05, 4.69) is 15.9 Å². The first kappa shape index (κ1) is 15.6. The highest BCUT2D eigenvalue weighted by molar-refractivity contribution is 9.10. The van der Waals surface area contributed by atoms with Gasteiger partial charge in [-0.15, -0.1) is 0 Å². The fraction of sp³-hybridized carbons (Fsp3) is 0. The van der Waals surface area contributed by atoms with Gasteiger partial charge in [0.15, 0.2) is 11.6 Å². The van der Waals surface area contributed by atoms with E-state index in [0.717, 1.165) is 0 Å². The van der Waals surface area contributed by atoms with Gasteiger partial charge in [-0.2, -0.15) is 0 Å². The van der Waals surface area contributed by atoms with E-state index in [4.69, 9.17) is 5.73 Å². The van der Waals surface area contributed by atoms with Crippen molar-refractivity contribution in [2.24, 2.45) is 0 Å². The molecule has 0 bridgehead atoms. The van der Waals surface area contributed by atoms with Gasteiger partial charge < -0.3 is 5.73 Å². The highest BCUT2D eigenvalue weighted by Gasteiger charge is 2.20. The van der Waals surface area contributed by atoms with Crippen LogP contribution in [-0.4, -0.2) is 8.42 Å². The predicted octanol–water partition coefficient (Wildman–Crippen LogP) is 3.25. The summed E-state index contributed by atoms with van der Waals surface area (Å²) in [5.74, 6) is -4.02. The van der Waals surface area contributed by atoms with Gasteiger partial charge in [0.05, 0.1) is 5.69 Å². The molecule has 0 saturated carbocycles. The summed E-state index contributed by atoms with van der Waals surface area (Å²) in [5, 5.41) is 0. The maximum atomic E-state index is 13.5. The fourth-order valence-electron chi connectivity index (χ4n) is 1.54. The van der Waals surface area contributed by atoms with Crippen molar-refractivity contribution < 1.29 is 21.6 Å². The van der Waals surface area contributed by atoms with Gasteiger partial charge in [-0.1, -0.05) is 0 Å². The zero-order valence-corrected chi connectivity index (χ0v) is 12.6. The lowest BCUT2D eigenvalue weighted by Crippen LogP contribution is -2.15. The first-order valence-electron chi connectivity index (χ1n) is 5.43. The molecule has 2 aromatic carbocycles.